The minimum absolute atomic E-state index is 0.0143. The number of rotatable bonds is 8. The fourth-order valence-corrected chi connectivity index (χ4v) is 2.28. The van der Waals surface area contributed by atoms with Crippen LogP contribution in [0, 0.1) is 23.0 Å². The van der Waals surface area contributed by atoms with E-state index in [0.29, 0.717) is 30.5 Å². The van der Waals surface area contributed by atoms with Crippen LogP contribution in [0.2, 0.25) is 0 Å². The maximum atomic E-state index is 11.2. The molecule has 0 bridgehead atoms. The molecule has 1 heterocycles. The van der Waals surface area contributed by atoms with Gasteiger partial charge < -0.3 is 11.1 Å². The van der Waals surface area contributed by atoms with E-state index in [1.54, 1.807) is 11.6 Å². The van der Waals surface area contributed by atoms with Gasteiger partial charge in [-0.1, -0.05) is 20.8 Å². The third-order valence-electron chi connectivity index (χ3n) is 3.10. The third-order valence-corrected chi connectivity index (χ3v) is 3.10. The van der Waals surface area contributed by atoms with Crippen molar-refractivity contribution in [2.24, 2.45) is 11.7 Å². The molecule has 0 aromatic carbocycles. The van der Waals surface area contributed by atoms with Gasteiger partial charge in [-0.3, -0.25) is 10.1 Å². The van der Waals surface area contributed by atoms with E-state index in [2.05, 4.69) is 24.3 Å². The van der Waals surface area contributed by atoms with Crippen LogP contribution >= 0.6 is 0 Å². The predicted octanol–water partition coefficient (Wildman–Crippen LogP) is 2.30. The molecule has 1 rings (SSSR count). The van der Waals surface area contributed by atoms with Crippen LogP contribution in [0.1, 0.15) is 39.3 Å². The van der Waals surface area contributed by atoms with Gasteiger partial charge in [-0.05, 0) is 25.7 Å². The quantitative estimate of drug-likeness (QED) is 0.563. The van der Waals surface area contributed by atoms with E-state index >= 15 is 0 Å². The number of hydrogen-bond donors (Lipinski definition) is 2. The Morgan fingerprint density at radius 1 is 1.50 bits per heavy atom. The molecule has 0 aliphatic carbocycles. The van der Waals surface area contributed by atoms with E-state index in [-0.39, 0.29) is 16.7 Å². The Kier molecular flexibility index (Phi) is 5.94. The fourth-order valence-electron chi connectivity index (χ4n) is 2.28. The molecule has 114 valence electrons. The first-order valence-corrected chi connectivity index (χ1v) is 7.09. The minimum Gasteiger partial charge on any atom is -0.361 e. The fraction of sp³-hybridized carbons (Fsp3) is 0.769. The highest BCUT2D eigenvalue weighted by molar-refractivity contribution is 5.60. The molecule has 3 N–H and O–H groups in total. The van der Waals surface area contributed by atoms with Crippen LogP contribution in [0.5, 0.6) is 0 Å². The van der Waals surface area contributed by atoms with Crippen LogP contribution in [-0.4, -0.2) is 27.3 Å². The van der Waals surface area contributed by atoms with Crippen molar-refractivity contribution >= 4 is 11.5 Å². The molecular formula is C13H25N5O2. The van der Waals surface area contributed by atoms with Crippen LogP contribution in [0.25, 0.3) is 0 Å². The second-order valence-corrected chi connectivity index (χ2v) is 5.47. The van der Waals surface area contributed by atoms with Gasteiger partial charge in [-0.2, -0.15) is 5.10 Å². The number of aryl methyl sites for hydroxylation is 2. The van der Waals surface area contributed by atoms with Crippen LogP contribution in [0.4, 0.5) is 11.5 Å². The lowest BCUT2D eigenvalue weighted by atomic mass is 10.0. The summed E-state index contributed by atoms with van der Waals surface area (Å²) in [5.74, 6) is 0.948. The van der Waals surface area contributed by atoms with Crippen LogP contribution in [0.15, 0.2) is 0 Å². The average Bonchev–Trinajstić information content (AvgIpc) is 2.64. The van der Waals surface area contributed by atoms with E-state index in [0.717, 1.165) is 12.8 Å². The monoisotopic (exact) mass is 283 g/mol. The molecule has 0 spiro atoms. The topological polar surface area (TPSA) is 99.0 Å². The van der Waals surface area contributed by atoms with E-state index in [4.69, 9.17) is 5.73 Å². The number of nitrogens with one attached hydrogen (secondary N) is 1. The Morgan fingerprint density at radius 3 is 2.60 bits per heavy atom. The number of hydrogen-bond acceptors (Lipinski definition) is 5. The van der Waals surface area contributed by atoms with Crippen molar-refractivity contribution in [3.8, 4) is 0 Å². The lowest BCUT2D eigenvalue weighted by molar-refractivity contribution is -0.384. The van der Waals surface area contributed by atoms with Gasteiger partial charge in [0.15, 0.2) is 0 Å². The van der Waals surface area contributed by atoms with Crippen molar-refractivity contribution in [1.82, 2.24) is 9.78 Å². The highest BCUT2D eigenvalue weighted by Crippen LogP contribution is 2.29. The molecule has 0 fully saturated rings. The van der Waals surface area contributed by atoms with Crippen LogP contribution < -0.4 is 11.1 Å². The minimum atomic E-state index is -0.375. The highest BCUT2D eigenvalue weighted by atomic mass is 16.6. The first-order valence-electron chi connectivity index (χ1n) is 7.09. The van der Waals surface area contributed by atoms with Gasteiger partial charge in [-0.15, -0.1) is 0 Å². The van der Waals surface area contributed by atoms with Gasteiger partial charge in [-0.25, -0.2) is 4.68 Å². The number of nitrogens with zero attached hydrogens (tertiary/aromatic N) is 3. The van der Waals surface area contributed by atoms with Crippen LogP contribution in [-0.2, 0) is 6.54 Å². The number of anilines is 1. The lowest BCUT2D eigenvalue weighted by Gasteiger charge is -2.20. The summed E-state index contributed by atoms with van der Waals surface area (Å²) in [5.41, 5.74) is 6.26. The third kappa shape index (κ3) is 3.93. The van der Waals surface area contributed by atoms with Gasteiger partial charge in [0.05, 0.1) is 4.92 Å². The average molecular weight is 283 g/mol. The van der Waals surface area contributed by atoms with Gasteiger partial charge in [0.1, 0.15) is 5.69 Å². The van der Waals surface area contributed by atoms with E-state index in [9.17, 15) is 10.1 Å². The summed E-state index contributed by atoms with van der Waals surface area (Å²) in [5, 5.41) is 18.7. The summed E-state index contributed by atoms with van der Waals surface area (Å²) in [6, 6.07) is 0.0143. The zero-order valence-electron chi connectivity index (χ0n) is 12.7. The second-order valence-electron chi connectivity index (χ2n) is 5.47. The van der Waals surface area contributed by atoms with Crippen molar-refractivity contribution < 1.29 is 4.92 Å². The number of nitro groups is 1. The Bertz CT molecular complexity index is 456. The SMILES string of the molecule is CCCn1nc(C)c([N+](=O)[O-])c1NC(CN)CC(C)C. The first-order chi connectivity index (χ1) is 9.40. The van der Waals surface area contributed by atoms with Crippen molar-refractivity contribution in [2.75, 3.05) is 11.9 Å². The van der Waals surface area contributed by atoms with Gasteiger partial charge >= 0.3 is 5.69 Å². The predicted molar refractivity (Wildman–Crippen MR) is 79.8 cm³/mol. The smallest absolute Gasteiger partial charge is 0.333 e. The van der Waals surface area contributed by atoms with Crippen molar-refractivity contribution in [2.45, 2.75) is 53.1 Å². The first kappa shape index (κ1) is 16.4. The molecule has 0 radical (unpaired) electrons. The molecule has 7 nitrogen and oxygen atoms in total. The largest absolute Gasteiger partial charge is 0.361 e. The Labute approximate surface area is 119 Å². The summed E-state index contributed by atoms with van der Waals surface area (Å²) in [6.07, 6.45) is 1.73. The summed E-state index contributed by atoms with van der Waals surface area (Å²) in [7, 11) is 0. The summed E-state index contributed by atoms with van der Waals surface area (Å²) in [6.45, 7) is 8.97. The molecular weight excluding hydrogens is 258 g/mol. The standard InChI is InChI=1S/C13H25N5O2/c1-5-6-17-13(12(18(19)20)10(4)16-17)15-11(8-14)7-9(2)3/h9,11,15H,5-8,14H2,1-4H3. The molecule has 1 atom stereocenters. The van der Waals surface area contributed by atoms with Gasteiger partial charge in [0, 0.05) is 19.1 Å². The Morgan fingerprint density at radius 2 is 2.15 bits per heavy atom. The van der Waals surface area contributed by atoms with Gasteiger partial charge in [0.2, 0.25) is 5.82 Å². The molecule has 0 aliphatic rings. The molecule has 1 aromatic rings. The highest BCUT2D eigenvalue weighted by Gasteiger charge is 2.26. The summed E-state index contributed by atoms with van der Waals surface area (Å²) >= 11 is 0. The summed E-state index contributed by atoms with van der Waals surface area (Å²) in [4.78, 5) is 10.9. The second kappa shape index (κ2) is 7.23. The van der Waals surface area contributed by atoms with E-state index in [1.165, 1.54) is 0 Å². The Balaban J connectivity index is 3.09. The Hall–Kier alpha value is -1.63. The van der Waals surface area contributed by atoms with Crippen molar-refractivity contribution in [1.29, 1.82) is 0 Å². The number of aromatic nitrogens is 2. The van der Waals surface area contributed by atoms with Crippen molar-refractivity contribution in [3.63, 3.8) is 0 Å². The molecule has 1 aromatic heterocycles. The molecule has 0 amide bonds. The van der Waals surface area contributed by atoms with Crippen molar-refractivity contribution in [3.05, 3.63) is 15.8 Å². The van der Waals surface area contributed by atoms with Gasteiger partial charge in [0.25, 0.3) is 0 Å². The van der Waals surface area contributed by atoms with E-state index < -0.39 is 0 Å². The molecule has 0 aliphatic heterocycles. The lowest BCUT2D eigenvalue weighted by Crippen LogP contribution is -2.31. The summed E-state index contributed by atoms with van der Waals surface area (Å²) < 4.78 is 1.68. The number of nitrogens with two attached hydrogens (primary N) is 1. The van der Waals surface area contributed by atoms with Crippen LogP contribution in [0.3, 0.4) is 0 Å². The molecule has 1 unspecified atom stereocenters. The molecule has 0 saturated heterocycles. The van der Waals surface area contributed by atoms with E-state index in [1.807, 2.05) is 6.92 Å². The maximum Gasteiger partial charge on any atom is 0.333 e. The normalized spacial score (nSPS) is 12.7. The molecule has 0 saturated carbocycles. The molecule has 7 heteroatoms. The maximum absolute atomic E-state index is 11.2. The zero-order valence-corrected chi connectivity index (χ0v) is 12.7. The zero-order chi connectivity index (χ0) is 15.3. The molecule has 20 heavy (non-hydrogen) atoms.